The Balaban J connectivity index is 1.98. The fourth-order valence-electron chi connectivity index (χ4n) is 2.57. The second kappa shape index (κ2) is 8.06. The Kier molecular flexibility index (Phi) is 6.10. The number of carbonyl (C=O) groups is 1. The number of carbonyl (C=O) groups excluding carboxylic acids is 1. The first kappa shape index (κ1) is 17.4. The molecule has 2 aromatic heterocycles. The molecule has 6 nitrogen and oxygen atoms in total. The normalized spacial score (nSPS) is 11.1. The van der Waals surface area contributed by atoms with E-state index in [9.17, 15) is 4.79 Å². The van der Waals surface area contributed by atoms with Crippen LogP contribution in [0, 0.1) is 13.8 Å². The van der Waals surface area contributed by atoms with Crippen molar-refractivity contribution < 1.29 is 9.53 Å². The van der Waals surface area contributed by atoms with E-state index in [-0.39, 0.29) is 5.91 Å². The summed E-state index contributed by atoms with van der Waals surface area (Å²) in [5.74, 6) is -0.0786. The zero-order valence-electron chi connectivity index (χ0n) is 14.5. The van der Waals surface area contributed by atoms with Gasteiger partial charge in [-0.05, 0) is 32.8 Å². The number of nitrogens with one attached hydrogen (secondary N) is 1. The molecule has 1 N–H and O–H groups in total. The van der Waals surface area contributed by atoms with Crippen LogP contribution in [0.25, 0.3) is 11.0 Å². The predicted molar refractivity (Wildman–Crippen MR) is 90.7 cm³/mol. The van der Waals surface area contributed by atoms with Crippen LogP contribution in [0.5, 0.6) is 0 Å². The summed E-state index contributed by atoms with van der Waals surface area (Å²) in [5, 5.41) is 8.16. The van der Waals surface area contributed by atoms with E-state index in [1.54, 1.807) is 4.68 Å². The summed E-state index contributed by atoms with van der Waals surface area (Å²) in [6, 6.07) is 1.82. The number of aromatic nitrogens is 3. The van der Waals surface area contributed by atoms with Crippen LogP contribution in [-0.2, 0) is 11.8 Å². The first-order chi connectivity index (χ1) is 11.0. The molecule has 6 heteroatoms. The molecule has 0 aliphatic rings. The summed E-state index contributed by atoms with van der Waals surface area (Å²) in [4.78, 5) is 17.0. The van der Waals surface area contributed by atoms with Crippen molar-refractivity contribution in [2.24, 2.45) is 7.05 Å². The number of rotatable bonds is 8. The molecule has 2 rings (SSSR count). The molecule has 0 radical (unpaired) electrons. The van der Waals surface area contributed by atoms with Crippen LogP contribution in [0.4, 0.5) is 0 Å². The van der Waals surface area contributed by atoms with Crippen LogP contribution in [0.15, 0.2) is 6.07 Å². The van der Waals surface area contributed by atoms with E-state index in [1.807, 2.05) is 27.0 Å². The van der Waals surface area contributed by atoms with Crippen LogP contribution in [0.2, 0.25) is 0 Å². The number of nitrogens with zero attached hydrogens (tertiary/aromatic N) is 3. The Morgan fingerprint density at radius 3 is 2.78 bits per heavy atom. The average molecular weight is 318 g/mol. The van der Waals surface area contributed by atoms with Gasteiger partial charge < -0.3 is 10.1 Å². The molecule has 1 amide bonds. The summed E-state index contributed by atoms with van der Waals surface area (Å²) in [6.45, 7) is 8.01. The molecule has 23 heavy (non-hydrogen) atoms. The van der Waals surface area contributed by atoms with Crippen LogP contribution in [0.3, 0.4) is 0 Å². The lowest BCUT2D eigenvalue weighted by Gasteiger charge is -2.08. The van der Waals surface area contributed by atoms with Gasteiger partial charge in [-0.3, -0.25) is 9.48 Å². The number of hydrogen-bond acceptors (Lipinski definition) is 4. The zero-order chi connectivity index (χ0) is 16.8. The van der Waals surface area contributed by atoms with Gasteiger partial charge in [-0.15, -0.1) is 0 Å². The van der Waals surface area contributed by atoms with Crippen molar-refractivity contribution in [1.29, 1.82) is 0 Å². The van der Waals surface area contributed by atoms with E-state index in [4.69, 9.17) is 4.74 Å². The van der Waals surface area contributed by atoms with E-state index in [2.05, 4.69) is 22.3 Å². The third-order valence-corrected chi connectivity index (χ3v) is 3.73. The largest absolute Gasteiger partial charge is 0.381 e. The van der Waals surface area contributed by atoms with Crippen molar-refractivity contribution >= 4 is 16.9 Å². The highest BCUT2D eigenvalue weighted by atomic mass is 16.5. The maximum absolute atomic E-state index is 12.5. The quantitative estimate of drug-likeness (QED) is 0.759. The SMILES string of the molecule is CCCCOCCCNC(=O)c1cc(C)nc2c1c(C)nn2C. The molecular formula is C17H26N4O2. The van der Waals surface area contributed by atoms with Gasteiger partial charge in [0.15, 0.2) is 5.65 Å². The molecule has 2 heterocycles. The van der Waals surface area contributed by atoms with Crippen molar-refractivity contribution in [3.63, 3.8) is 0 Å². The number of unbranched alkanes of at least 4 members (excludes halogenated alkanes) is 1. The van der Waals surface area contributed by atoms with Crippen molar-refractivity contribution in [2.75, 3.05) is 19.8 Å². The number of pyridine rings is 1. The number of hydrogen-bond donors (Lipinski definition) is 1. The Hall–Kier alpha value is -1.95. The minimum atomic E-state index is -0.0786. The summed E-state index contributed by atoms with van der Waals surface area (Å²) in [5.41, 5.74) is 3.03. The lowest BCUT2D eigenvalue weighted by molar-refractivity contribution is 0.0942. The molecule has 0 saturated carbocycles. The molecule has 0 spiro atoms. The molecular weight excluding hydrogens is 292 g/mol. The van der Waals surface area contributed by atoms with E-state index in [0.717, 1.165) is 48.3 Å². The first-order valence-corrected chi connectivity index (χ1v) is 8.21. The highest BCUT2D eigenvalue weighted by molar-refractivity contribution is 6.06. The molecule has 0 saturated heterocycles. The minimum absolute atomic E-state index is 0.0786. The molecule has 0 unspecified atom stereocenters. The van der Waals surface area contributed by atoms with Gasteiger partial charge in [0.25, 0.3) is 5.91 Å². The van der Waals surface area contributed by atoms with Gasteiger partial charge in [-0.1, -0.05) is 13.3 Å². The van der Waals surface area contributed by atoms with Crippen molar-refractivity contribution in [2.45, 2.75) is 40.0 Å². The summed E-state index contributed by atoms with van der Waals surface area (Å²) in [6.07, 6.45) is 3.04. The molecule has 2 aromatic rings. The zero-order valence-corrected chi connectivity index (χ0v) is 14.5. The van der Waals surface area contributed by atoms with Crippen LogP contribution in [0.1, 0.15) is 47.9 Å². The molecule has 0 aliphatic carbocycles. The minimum Gasteiger partial charge on any atom is -0.381 e. The van der Waals surface area contributed by atoms with Crippen LogP contribution in [-0.4, -0.2) is 40.4 Å². The van der Waals surface area contributed by atoms with Crippen molar-refractivity contribution in [3.8, 4) is 0 Å². The molecule has 0 aromatic carbocycles. The van der Waals surface area contributed by atoms with E-state index >= 15 is 0 Å². The van der Waals surface area contributed by atoms with Gasteiger partial charge in [-0.25, -0.2) is 4.98 Å². The van der Waals surface area contributed by atoms with Gasteiger partial charge in [0.1, 0.15) is 0 Å². The van der Waals surface area contributed by atoms with E-state index in [1.165, 1.54) is 0 Å². The summed E-state index contributed by atoms with van der Waals surface area (Å²) in [7, 11) is 1.84. The van der Waals surface area contributed by atoms with Gasteiger partial charge in [0, 0.05) is 32.5 Å². The van der Waals surface area contributed by atoms with Gasteiger partial charge in [0.05, 0.1) is 16.6 Å². The second-order valence-electron chi connectivity index (χ2n) is 5.79. The van der Waals surface area contributed by atoms with E-state index in [0.29, 0.717) is 18.7 Å². The number of amides is 1. The molecule has 0 fully saturated rings. The summed E-state index contributed by atoms with van der Waals surface area (Å²) >= 11 is 0. The lowest BCUT2D eigenvalue weighted by atomic mass is 10.1. The van der Waals surface area contributed by atoms with Crippen LogP contribution >= 0.6 is 0 Å². The first-order valence-electron chi connectivity index (χ1n) is 8.21. The Labute approximate surface area is 137 Å². The lowest BCUT2D eigenvalue weighted by Crippen LogP contribution is -2.25. The number of ether oxygens (including phenoxy) is 1. The third kappa shape index (κ3) is 4.28. The van der Waals surface area contributed by atoms with Gasteiger partial charge >= 0.3 is 0 Å². The van der Waals surface area contributed by atoms with Crippen molar-refractivity contribution in [3.05, 3.63) is 23.0 Å². The third-order valence-electron chi connectivity index (χ3n) is 3.73. The fraction of sp³-hybridized carbons (Fsp3) is 0.588. The predicted octanol–water partition coefficient (Wildman–Crippen LogP) is 2.52. The van der Waals surface area contributed by atoms with Gasteiger partial charge in [0.2, 0.25) is 0 Å². The highest BCUT2D eigenvalue weighted by Crippen LogP contribution is 2.21. The highest BCUT2D eigenvalue weighted by Gasteiger charge is 2.17. The monoisotopic (exact) mass is 318 g/mol. The molecule has 126 valence electrons. The summed E-state index contributed by atoms with van der Waals surface area (Å²) < 4.78 is 7.22. The maximum atomic E-state index is 12.5. The topological polar surface area (TPSA) is 69.0 Å². The van der Waals surface area contributed by atoms with Crippen molar-refractivity contribution in [1.82, 2.24) is 20.1 Å². The Bertz CT molecular complexity index is 679. The molecule has 0 bridgehead atoms. The maximum Gasteiger partial charge on any atom is 0.252 e. The average Bonchev–Trinajstić information content (AvgIpc) is 2.80. The number of fused-ring (bicyclic) bond motifs is 1. The Morgan fingerprint density at radius 1 is 1.30 bits per heavy atom. The molecule has 0 aliphatic heterocycles. The van der Waals surface area contributed by atoms with E-state index < -0.39 is 0 Å². The Morgan fingerprint density at radius 2 is 2.04 bits per heavy atom. The second-order valence-corrected chi connectivity index (χ2v) is 5.79. The number of aryl methyl sites for hydroxylation is 3. The standard InChI is InChI=1S/C17H26N4O2/c1-5-6-9-23-10-7-8-18-17(22)14-11-12(2)19-16-15(14)13(3)20-21(16)4/h11H,5-10H2,1-4H3,(H,18,22). The van der Waals surface area contributed by atoms with Crippen LogP contribution < -0.4 is 5.32 Å². The fourth-order valence-corrected chi connectivity index (χ4v) is 2.57. The smallest absolute Gasteiger partial charge is 0.252 e. The molecule has 0 atom stereocenters. The van der Waals surface area contributed by atoms with Gasteiger partial charge in [-0.2, -0.15) is 5.10 Å².